The molecule has 0 aromatic heterocycles. The van der Waals surface area contributed by atoms with Crippen LogP contribution in [-0.2, 0) is 4.79 Å². The molecule has 0 heterocycles. The van der Waals surface area contributed by atoms with Crippen molar-refractivity contribution in [2.75, 3.05) is 0 Å². The van der Waals surface area contributed by atoms with Gasteiger partial charge >= 0.3 is 0 Å². The van der Waals surface area contributed by atoms with Crippen LogP contribution in [0.4, 0.5) is 0 Å². The molecule has 2 aliphatic rings. The Hall–Kier alpha value is -0.850. The summed E-state index contributed by atoms with van der Waals surface area (Å²) >= 11 is 0. The topological polar surface area (TPSA) is 17.1 Å². The Morgan fingerprint density at radius 2 is 2.44 bits per heavy atom. The zero-order valence-corrected chi connectivity index (χ0v) is 5.13. The molecule has 2 aliphatic carbocycles. The molecule has 0 saturated heterocycles. The normalized spacial score (nSPS) is 30.9. The van der Waals surface area contributed by atoms with Gasteiger partial charge < -0.3 is 0 Å². The van der Waals surface area contributed by atoms with Crippen LogP contribution in [0.25, 0.3) is 0 Å². The van der Waals surface area contributed by atoms with Crippen molar-refractivity contribution in [3.63, 3.8) is 0 Å². The molecule has 0 N–H and O–H groups in total. The Balaban J connectivity index is 2.38. The number of rotatable bonds is 0. The predicted molar refractivity (Wildman–Crippen MR) is 35.0 cm³/mol. The Morgan fingerprint density at radius 1 is 1.56 bits per heavy atom. The minimum atomic E-state index is 0.352. The number of carbonyl (C=O) groups excluding carboxylic acids is 1. The smallest absolute Gasteiger partial charge is 0.159 e. The zero-order chi connectivity index (χ0) is 6.27. The molecule has 9 heavy (non-hydrogen) atoms. The molecule has 0 amide bonds. The predicted octanol–water partition coefficient (Wildman–Crippen LogP) is 1.46. The molecule has 0 aromatic carbocycles. The van der Waals surface area contributed by atoms with Crippen LogP contribution in [0.2, 0.25) is 0 Å². The lowest BCUT2D eigenvalue weighted by Crippen LogP contribution is -1.93. The second-order valence-corrected chi connectivity index (χ2v) is 2.58. The molecule has 1 nitrogen and oxygen atoms in total. The van der Waals surface area contributed by atoms with Gasteiger partial charge in [-0.1, -0.05) is 18.2 Å². The lowest BCUT2D eigenvalue weighted by atomic mass is 10.1. The Kier molecular flexibility index (Phi) is 0.865. The number of allylic oxidation sites excluding steroid dienone is 4. The highest BCUT2D eigenvalue weighted by atomic mass is 16.1. The quantitative estimate of drug-likeness (QED) is 0.473. The van der Waals surface area contributed by atoms with Crippen molar-refractivity contribution in [2.45, 2.75) is 12.8 Å². The second kappa shape index (κ2) is 1.56. The molecule has 1 atom stereocenters. The van der Waals surface area contributed by atoms with E-state index in [1.807, 2.05) is 12.2 Å². The molecular weight excluding hydrogens is 112 g/mol. The van der Waals surface area contributed by atoms with Gasteiger partial charge in [0.2, 0.25) is 0 Å². The molecule has 1 heteroatoms. The lowest BCUT2D eigenvalue weighted by Gasteiger charge is -1.94. The van der Waals surface area contributed by atoms with Crippen molar-refractivity contribution >= 4 is 5.78 Å². The maximum absolute atomic E-state index is 10.9. The van der Waals surface area contributed by atoms with Crippen LogP contribution < -0.4 is 0 Å². The molecule has 1 saturated carbocycles. The monoisotopic (exact) mass is 120 g/mol. The van der Waals surface area contributed by atoms with Crippen molar-refractivity contribution in [1.82, 2.24) is 0 Å². The van der Waals surface area contributed by atoms with Crippen LogP contribution in [-0.4, -0.2) is 5.78 Å². The van der Waals surface area contributed by atoms with Crippen molar-refractivity contribution < 1.29 is 4.79 Å². The average Bonchev–Trinajstić information content (AvgIpc) is 2.35. The van der Waals surface area contributed by atoms with Gasteiger partial charge in [0.15, 0.2) is 5.78 Å². The van der Waals surface area contributed by atoms with Gasteiger partial charge in [0.25, 0.3) is 0 Å². The summed E-state index contributed by atoms with van der Waals surface area (Å²) in [5, 5.41) is 0. The van der Waals surface area contributed by atoms with E-state index in [4.69, 9.17) is 0 Å². The summed E-state index contributed by atoms with van der Waals surface area (Å²) in [7, 11) is 0. The van der Waals surface area contributed by atoms with E-state index >= 15 is 0 Å². The molecule has 0 aliphatic heterocycles. The highest BCUT2D eigenvalue weighted by Gasteiger charge is 2.27. The van der Waals surface area contributed by atoms with Crippen LogP contribution in [0.5, 0.6) is 0 Å². The van der Waals surface area contributed by atoms with Gasteiger partial charge in [-0.05, 0) is 6.42 Å². The first-order chi connectivity index (χ1) is 4.38. The third-order valence-electron chi connectivity index (χ3n) is 2.02. The summed E-state index contributed by atoms with van der Waals surface area (Å²) in [6, 6.07) is 0. The van der Waals surface area contributed by atoms with Crippen molar-refractivity contribution in [1.29, 1.82) is 0 Å². The fraction of sp³-hybridized carbons (Fsp3) is 0.375. The largest absolute Gasteiger partial charge is 0.295 e. The van der Waals surface area contributed by atoms with Crippen molar-refractivity contribution in [3.05, 3.63) is 23.8 Å². The summed E-state index contributed by atoms with van der Waals surface area (Å²) in [5.74, 6) is 0.836. The fourth-order valence-corrected chi connectivity index (χ4v) is 1.50. The number of carbonyl (C=O) groups is 1. The number of hydrogen-bond donors (Lipinski definition) is 0. The van der Waals surface area contributed by atoms with Gasteiger partial charge in [0.1, 0.15) is 0 Å². The standard InChI is InChI=1S/C8H8O/c9-8-5-4-6-2-1-3-7(6)8/h1-3,6H,4-5H2/t6-/m1/s1. The highest BCUT2D eigenvalue weighted by Crippen LogP contribution is 2.32. The number of fused-ring (bicyclic) bond motifs is 1. The summed E-state index contributed by atoms with van der Waals surface area (Å²) in [4.78, 5) is 10.9. The van der Waals surface area contributed by atoms with E-state index < -0.39 is 0 Å². The number of ketones is 1. The molecule has 2 rings (SSSR count). The maximum atomic E-state index is 10.9. The Morgan fingerprint density at radius 3 is 3.22 bits per heavy atom. The third-order valence-corrected chi connectivity index (χ3v) is 2.02. The summed E-state index contributed by atoms with van der Waals surface area (Å²) in [6.45, 7) is 0. The first kappa shape index (κ1) is 4.98. The van der Waals surface area contributed by atoms with Gasteiger partial charge in [-0.3, -0.25) is 4.79 Å². The molecule has 46 valence electrons. The number of hydrogen-bond acceptors (Lipinski definition) is 1. The lowest BCUT2D eigenvalue weighted by molar-refractivity contribution is -0.114. The van der Waals surface area contributed by atoms with E-state index in [1.54, 1.807) is 0 Å². The molecule has 0 spiro atoms. The summed E-state index contributed by atoms with van der Waals surface area (Å²) in [5.41, 5.74) is 1.04. The van der Waals surface area contributed by atoms with Gasteiger partial charge in [0, 0.05) is 17.9 Å². The summed E-state index contributed by atoms with van der Waals surface area (Å²) in [6.07, 6.45) is 7.85. The number of Topliss-reactive ketones (excluding diaryl/α,β-unsaturated/α-hetero) is 1. The van der Waals surface area contributed by atoms with E-state index in [1.165, 1.54) is 0 Å². The molecular formula is C8H8O. The Bertz CT molecular complexity index is 211. The maximum Gasteiger partial charge on any atom is 0.159 e. The Labute approximate surface area is 54.1 Å². The fourth-order valence-electron chi connectivity index (χ4n) is 1.50. The van der Waals surface area contributed by atoms with E-state index in [-0.39, 0.29) is 0 Å². The minimum Gasteiger partial charge on any atom is -0.295 e. The molecule has 0 bridgehead atoms. The summed E-state index contributed by atoms with van der Waals surface area (Å²) < 4.78 is 0. The first-order valence-electron chi connectivity index (χ1n) is 3.29. The van der Waals surface area contributed by atoms with Crippen LogP contribution in [0, 0.1) is 5.92 Å². The molecule has 0 unspecified atom stereocenters. The van der Waals surface area contributed by atoms with Crippen LogP contribution >= 0.6 is 0 Å². The average molecular weight is 120 g/mol. The van der Waals surface area contributed by atoms with Gasteiger partial charge in [-0.15, -0.1) is 0 Å². The SMILES string of the molecule is O=C1CC[C@H]2C=CC=C12. The van der Waals surface area contributed by atoms with Crippen molar-refractivity contribution in [3.8, 4) is 0 Å². The molecule has 0 radical (unpaired) electrons. The minimum absolute atomic E-state index is 0.352. The molecule has 1 fully saturated rings. The van der Waals surface area contributed by atoms with Crippen molar-refractivity contribution in [2.24, 2.45) is 5.92 Å². The van der Waals surface area contributed by atoms with E-state index in [9.17, 15) is 4.79 Å². The van der Waals surface area contributed by atoms with E-state index in [0.29, 0.717) is 11.7 Å². The second-order valence-electron chi connectivity index (χ2n) is 2.58. The molecule has 0 aromatic rings. The van der Waals surface area contributed by atoms with Crippen LogP contribution in [0.1, 0.15) is 12.8 Å². The highest BCUT2D eigenvalue weighted by molar-refractivity contribution is 5.99. The first-order valence-corrected chi connectivity index (χ1v) is 3.29. The van der Waals surface area contributed by atoms with Crippen LogP contribution in [0.15, 0.2) is 23.8 Å². The van der Waals surface area contributed by atoms with E-state index in [0.717, 1.165) is 18.4 Å². The van der Waals surface area contributed by atoms with Gasteiger partial charge in [0.05, 0.1) is 0 Å². The zero-order valence-electron chi connectivity index (χ0n) is 5.13. The van der Waals surface area contributed by atoms with E-state index in [2.05, 4.69) is 6.08 Å². The van der Waals surface area contributed by atoms with Crippen LogP contribution in [0.3, 0.4) is 0 Å². The van der Waals surface area contributed by atoms with Gasteiger partial charge in [-0.25, -0.2) is 0 Å². The van der Waals surface area contributed by atoms with Gasteiger partial charge in [-0.2, -0.15) is 0 Å². The third kappa shape index (κ3) is 0.576.